The van der Waals surface area contributed by atoms with Crippen molar-refractivity contribution in [3.05, 3.63) is 0 Å². The molecule has 1 nitrogen and oxygen atoms in total. The van der Waals surface area contributed by atoms with E-state index in [1.165, 1.54) is 6.42 Å². The van der Waals surface area contributed by atoms with Gasteiger partial charge in [-0.3, -0.25) is 0 Å². The molecular formula is C14H24O. The molecule has 1 saturated carbocycles. The van der Waals surface area contributed by atoms with Crippen molar-refractivity contribution in [3.8, 4) is 11.8 Å². The SMILES string of the molecule is CC#CCCC1(O)CC(C)CC(C)(C)C1. The third-order valence-electron chi connectivity index (χ3n) is 3.33. The Balaban J connectivity index is 2.61. The molecule has 86 valence electrons. The van der Waals surface area contributed by atoms with Crippen LogP contribution in [0.25, 0.3) is 0 Å². The highest BCUT2D eigenvalue weighted by Crippen LogP contribution is 2.45. The summed E-state index contributed by atoms with van der Waals surface area (Å²) in [6, 6.07) is 0. The molecule has 0 saturated heterocycles. The standard InChI is InChI=1S/C14H24O/c1-5-6-7-8-14(15)10-12(2)9-13(3,4)11-14/h12,15H,7-11H2,1-4H3. The fraction of sp³-hybridized carbons (Fsp3) is 0.857. The molecule has 0 spiro atoms. The lowest BCUT2D eigenvalue weighted by molar-refractivity contribution is -0.0626. The van der Waals surface area contributed by atoms with Crippen LogP contribution in [0.4, 0.5) is 0 Å². The van der Waals surface area contributed by atoms with Gasteiger partial charge in [-0.05, 0) is 43.9 Å². The Kier molecular flexibility index (Phi) is 3.84. The zero-order valence-electron chi connectivity index (χ0n) is 10.6. The van der Waals surface area contributed by atoms with Gasteiger partial charge < -0.3 is 5.11 Å². The maximum atomic E-state index is 10.5. The van der Waals surface area contributed by atoms with Gasteiger partial charge in [0.05, 0.1) is 5.60 Å². The van der Waals surface area contributed by atoms with E-state index >= 15 is 0 Å². The first-order valence-corrected chi connectivity index (χ1v) is 5.99. The average Bonchev–Trinajstić information content (AvgIpc) is 1.98. The summed E-state index contributed by atoms with van der Waals surface area (Å²) < 4.78 is 0. The van der Waals surface area contributed by atoms with Crippen LogP contribution in [0.1, 0.15) is 59.8 Å². The maximum absolute atomic E-state index is 10.5. The molecule has 0 radical (unpaired) electrons. The number of hydrogen-bond acceptors (Lipinski definition) is 1. The molecule has 0 amide bonds. The predicted octanol–water partition coefficient (Wildman–Crippen LogP) is 3.37. The molecule has 0 aromatic heterocycles. The Morgan fingerprint density at radius 3 is 2.53 bits per heavy atom. The molecule has 0 heterocycles. The van der Waals surface area contributed by atoms with Crippen LogP contribution >= 0.6 is 0 Å². The van der Waals surface area contributed by atoms with Gasteiger partial charge in [0.2, 0.25) is 0 Å². The first kappa shape index (κ1) is 12.6. The van der Waals surface area contributed by atoms with Crippen LogP contribution in [-0.2, 0) is 0 Å². The molecule has 2 atom stereocenters. The molecule has 0 aromatic rings. The van der Waals surface area contributed by atoms with E-state index in [0.717, 1.165) is 25.7 Å². The average molecular weight is 208 g/mol. The number of aliphatic hydroxyl groups is 1. The zero-order chi connectivity index (χ0) is 11.5. The van der Waals surface area contributed by atoms with Crippen molar-refractivity contribution in [2.24, 2.45) is 11.3 Å². The quantitative estimate of drug-likeness (QED) is 0.690. The van der Waals surface area contributed by atoms with Crippen molar-refractivity contribution < 1.29 is 5.11 Å². The summed E-state index contributed by atoms with van der Waals surface area (Å²) in [5, 5.41) is 10.5. The molecule has 1 N–H and O–H groups in total. The summed E-state index contributed by atoms with van der Waals surface area (Å²) in [4.78, 5) is 0. The van der Waals surface area contributed by atoms with Gasteiger partial charge in [0, 0.05) is 6.42 Å². The molecule has 0 bridgehead atoms. The fourth-order valence-electron chi connectivity index (χ4n) is 3.31. The molecule has 1 fully saturated rings. The normalized spacial score (nSPS) is 34.3. The summed E-state index contributed by atoms with van der Waals surface area (Å²) in [7, 11) is 0. The predicted molar refractivity (Wildman–Crippen MR) is 64.4 cm³/mol. The Bertz CT molecular complexity index is 269. The largest absolute Gasteiger partial charge is 0.390 e. The van der Waals surface area contributed by atoms with Crippen molar-refractivity contribution in [1.29, 1.82) is 0 Å². The summed E-state index contributed by atoms with van der Waals surface area (Å²) in [5.74, 6) is 6.58. The number of hydrogen-bond donors (Lipinski definition) is 1. The van der Waals surface area contributed by atoms with E-state index in [4.69, 9.17) is 0 Å². The second-order valence-electron chi connectivity index (χ2n) is 6.01. The van der Waals surface area contributed by atoms with Crippen molar-refractivity contribution in [1.82, 2.24) is 0 Å². The molecule has 1 aliphatic carbocycles. The van der Waals surface area contributed by atoms with Crippen LogP contribution in [-0.4, -0.2) is 10.7 Å². The third kappa shape index (κ3) is 3.87. The summed E-state index contributed by atoms with van der Waals surface area (Å²) in [6.07, 6.45) is 4.77. The van der Waals surface area contributed by atoms with Crippen molar-refractivity contribution >= 4 is 0 Å². The van der Waals surface area contributed by atoms with Crippen LogP contribution in [0.15, 0.2) is 0 Å². The Labute approximate surface area is 94.3 Å². The van der Waals surface area contributed by atoms with E-state index < -0.39 is 5.60 Å². The minimum atomic E-state index is -0.467. The smallest absolute Gasteiger partial charge is 0.0664 e. The molecule has 1 aliphatic rings. The fourth-order valence-corrected chi connectivity index (χ4v) is 3.31. The van der Waals surface area contributed by atoms with Crippen molar-refractivity contribution in [3.63, 3.8) is 0 Å². The van der Waals surface area contributed by atoms with Crippen molar-refractivity contribution in [2.45, 2.75) is 65.4 Å². The van der Waals surface area contributed by atoms with E-state index in [0.29, 0.717) is 5.92 Å². The molecular weight excluding hydrogens is 184 g/mol. The highest BCUT2D eigenvalue weighted by atomic mass is 16.3. The van der Waals surface area contributed by atoms with Gasteiger partial charge in [-0.1, -0.05) is 20.8 Å². The van der Waals surface area contributed by atoms with Gasteiger partial charge in [0.15, 0.2) is 0 Å². The molecule has 15 heavy (non-hydrogen) atoms. The molecule has 1 rings (SSSR count). The Morgan fingerprint density at radius 2 is 2.00 bits per heavy atom. The van der Waals surface area contributed by atoms with Gasteiger partial charge in [0.1, 0.15) is 0 Å². The number of rotatable bonds is 2. The second kappa shape index (κ2) is 4.58. The monoisotopic (exact) mass is 208 g/mol. The first-order valence-electron chi connectivity index (χ1n) is 5.99. The highest BCUT2D eigenvalue weighted by Gasteiger charge is 2.40. The van der Waals surface area contributed by atoms with Crippen LogP contribution in [0.2, 0.25) is 0 Å². The second-order valence-corrected chi connectivity index (χ2v) is 6.01. The summed E-state index contributed by atoms with van der Waals surface area (Å²) >= 11 is 0. The van der Waals surface area contributed by atoms with E-state index in [1.54, 1.807) is 0 Å². The Morgan fingerprint density at radius 1 is 1.33 bits per heavy atom. The zero-order valence-corrected chi connectivity index (χ0v) is 10.6. The van der Waals surface area contributed by atoms with Crippen molar-refractivity contribution in [2.75, 3.05) is 0 Å². The molecule has 0 aliphatic heterocycles. The lowest BCUT2D eigenvalue weighted by atomic mass is 9.64. The topological polar surface area (TPSA) is 20.2 Å². The maximum Gasteiger partial charge on any atom is 0.0664 e. The lowest BCUT2D eigenvalue weighted by Crippen LogP contribution is -2.42. The highest BCUT2D eigenvalue weighted by molar-refractivity contribution is 4.99. The van der Waals surface area contributed by atoms with E-state index in [1.807, 2.05) is 6.92 Å². The van der Waals surface area contributed by atoms with Crippen LogP contribution in [0.3, 0.4) is 0 Å². The van der Waals surface area contributed by atoms with Gasteiger partial charge in [-0.2, -0.15) is 0 Å². The van der Waals surface area contributed by atoms with E-state index in [2.05, 4.69) is 32.6 Å². The van der Waals surface area contributed by atoms with Crippen LogP contribution in [0, 0.1) is 23.2 Å². The van der Waals surface area contributed by atoms with Gasteiger partial charge in [-0.25, -0.2) is 0 Å². The third-order valence-corrected chi connectivity index (χ3v) is 3.33. The van der Waals surface area contributed by atoms with E-state index in [9.17, 15) is 5.11 Å². The minimum absolute atomic E-state index is 0.284. The molecule has 2 unspecified atom stereocenters. The minimum Gasteiger partial charge on any atom is -0.390 e. The van der Waals surface area contributed by atoms with Crippen LogP contribution < -0.4 is 0 Å². The summed E-state index contributed by atoms with van der Waals surface area (Å²) in [6.45, 7) is 8.63. The van der Waals surface area contributed by atoms with Crippen LogP contribution in [0.5, 0.6) is 0 Å². The van der Waals surface area contributed by atoms with E-state index in [-0.39, 0.29) is 5.41 Å². The van der Waals surface area contributed by atoms with Gasteiger partial charge in [-0.15, -0.1) is 11.8 Å². The first-order chi connectivity index (χ1) is 6.87. The summed E-state index contributed by atoms with van der Waals surface area (Å²) in [5.41, 5.74) is -0.183. The Hall–Kier alpha value is -0.480. The lowest BCUT2D eigenvalue weighted by Gasteiger charge is -2.44. The van der Waals surface area contributed by atoms with Gasteiger partial charge in [0.25, 0.3) is 0 Å². The van der Waals surface area contributed by atoms with Gasteiger partial charge >= 0.3 is 0 Å². The molecule has 1 heteroatoms. The molecule has 0 aromatic carbocycles.